The van der Waals surface area contributed by atoms with Gasteiger partial charge < -0.3 is 10.5 Å². The molecule has 4 nitrogen and oxygen atoms in total. The van der Waals surface area contributed by atoms with Gasteiger partial charge in [-0.3, -0.25) is 4.68 Å². The lowest BCUT2D eigenvalue weighted by Gasteiger charge is -2.12. The van der Waals surface area contributed by atoms with Crippen molar-refractivity contribution >= 4 is 11.6 Å². The van der Waals surface area contributed by atoms with E-state index in [1.54, 1.807) is 0 Å². The van der Waals surface area contributed by atoms with Gasteiger partial charge in [-0.2, -0.15) is 5.10 Å². The van der Waals surface area contributed by atoms with E-state index in [0.29, 0.717) is 18.2 Å². The molecule has 0 bridgehead atoms. The molecule has 0 radical (unpaired) electrons. The van der Waals surface area contributed by atoms with Crippen LogP contribution in [0.4, 0.5) is 0 Å². The molecular weight excluding hydrogens is 286 g/mol. The Morgan fingerprint density at radius 1 is 1.29 bits per heavy atom. The summed E-state index contributed by atoms with van der Waals surface area (Å²) < 4.78 is 7.94. The third-order valence-corrected chi connectivity index (χ3v) is 3.62. The predicted octanol–water partition coefficient (Wildman–Crippen LogP) is 3.20. The molecule has 0 spiro atoms. The summed E-state index contributed by atoms with van der Waals surface area (Å²) in [5.41, 5.74) is 8.86. The van der Waals surface area contributed by atoms with E-state index in [2.05, 4.69) is 25.0 Å². The van der Waals surface area contributed by atoms with Gasteiger partial charge >= 0.3 is 0 Å². The van der Waals surface area contributed by atoms with Crippen molar-refractivity contribution in [3.63, 3.8) is 0 Å². The maximum atomic E-state index is 6.03. The second-order valence-electron chi connectivity index (χ2n) is 4.88. The van der Waals surface area contributed by atoms with Crippen LogP contribution in [-0.2, 0) is 26.0 Å². The van der Waals surface area contributed by atoms with Gasteiger partial charge in [-0.05, 0) is 56.1 Å². The SMILES string of the molecule is CCc1cc(COc2ccc(Cl)cc2CCN)n(CC)n1. The van der Waals surface area contributed by atoms with E-state index in [1.807, 2.05) is 22.9 Å². The molecule has 1 aromatic heterocycles. The Kier molecular flexibility index (Phi) is 5.65. The minimum absolute atomic E-state index is 0.500. The molecule has 0 atom stereocenters. The van der Waals surface area contributed by atoms with E-state index >= 15 is 0 Å². The van der Waals surface area contributed by atoms with Gasteiger partial charge in [-0.15, -0.1) is 0 Å². The average Bonchev–Trinajstić information content (AvgIpc) is 2.89. The van der Waals surface area contributed by atoms with Crippen molar-refractivity contribution < 1.29 is 4.74 Å². The Morgan fingerprint density at radius 2 is 2.10 bits per heavy atom. The van der Waals surface area contributed by atoms with Crippen molar-refractivity contribution in [1.82, 2.24) is 9.78 Å². The maximum Gasteiger partial charge on any atom is 0.130 e. The number of halogens is 1. The van der Waals surface area contributed by atoms with Crippen molar-refractivity contribution in [3.05, 3.63) is 46.2 Å². The van der Waals surface area contributed by atoms with E-state index < -0.39 is 0 Å². The predicted molar refractivity (Wildman–Crippen MR) is 85.8 cm³/mol. The first kappa shape index (κ1) is 15.9. The molecule has 0 aliphatic carbocycles. The molecule has 0 saturated heterocycles. The fourth-order valence-electron chi connectivity index (χ4n) is 2.27. The molecule has 5 heteroatoms. The number of aryl methyl sites for hydroxylation is 2. The average molecular weight is 308 g/mol. The topological polar surface area (TPSA) is 53.1 Å². The van der Waals surface area contributed by atoms with Crippen LogP contribution in [0, 0.1) is 0 Å². The zero-order valence-corrected chi connectivity index (χ0v) is 13.4. The Hall–Kier alpha value is -1.52. The lowest BCUT2D eigenvalue weighted by Crippen LogP contribution is -2.08. The number of benzene rings is 1. The van der Waals surface area contributed by atoms with Gasteiger partial charge in [0.25, 0.3) is 0 Å². The highest BCUT2D eigenvalue weighted by Gasteiger charge is 2.09. The molecule has 0 unspecified atom stereocenters. The van der Waals surface area contributed by atoms with E-state index in [0.717, 1.165) is 42.1 Å². The second kappa shape index (κ2) is 7.48. The maximum absolute atomic E-state index is 6.03. The van der Waals surface area contributed by atoms with Crippen LogP contribution in [0.2, 0.25) is 5.02 Å². The van der Waals surface area contributed by atoms with Crippen LogP contribution in [-0.4, -0.2) is 16.3 Å². The number of nitrogens with zero attached hydrogens (tertiary/aromatic N) is 2. The molecule has 2 rings (SSSR count). The molecule has 2 N–H and O–H groups in total. The van der Waals surface area contributed by atoms with Crippen molar-refractivity contribution in [2.75, 3.05) is 6.54 Å². The highest BCUT2D eigenvalue weighted by atomic mass is 35.5. The van der Waals surface area contributed by atoms with Crippen LogP contribution in [0.1, 0.15) is 30.8 Å². The van der Waals surface area contributed by atoms with E-state index in [4.69, 9.17) is 22.1 Å². The minimum Gasteiger partial charge on any atom is -0.487 e. The number of hydrogen-bond donors (Lipinski definition) is 1. The zero-order chi connectivity index (χ0) is 15.2. The molecule has 0 fully saturated rings. The molecular formula is C16H22ClN3O. The van der Waals surface area contributed by atoms with Crippen LogP contribution < -0.4 is 10.5 Å². The third-order valence-electron chi connectivity index (χ3n) is 3.39. The molecule has 21 heavy (non-hydrogen) atoms. The van der Waals surface area contributed by atoms with E-state index in [9.17, 15) is 0 Å². The van der Waals surface area contributed by atoms with Gasteiger partial charge in [-0.25, -0.2) is 0 Å². The van der Waals surface area contributed by atoms with Crippen LogP contribution in [0.3, 0.4) is 0 Å². The second-order valence-corrected chi connectivity index (χ2v) is 5.31. The smallest absolute Gasteiger partial charge is 0.130 e. The van der Waals surface area contributed by atoms with E-state index in [-0.39, 0.29) is 0 Å². The van der Waals surface area contributed by atoms with Gasteiger partial charge in [-0.1, -0.05) is 18.5 Å². The van der Waals surface area contributed by atoms with Crippen molar-refractivity contribution in [2.24, 2.45) is 5.73 Å². The standard InChI is InChI=1S/C16H22ClN3O/c1-3-14-10-15(20(4-2)19-14)11-21-16-6-5-13(17)9-12(16)7-8-18/h5-6,9-10H,3-4,7-8,11,18H2,1-2H3. The van der Waals surface area contributed by atoms with Crippen molar-refractivity contribution in [2.45, 2.75) is 39.8 Å². The van der Waals surface area contributed by atoms with Crippen molar-refractivity contribution in [3.8, 4) is 5.75 Å². The fourth-order valence-corrected chi connectivity index (χ4v) is 2.46. The third kappa shape index (κ3) is 3.99. The summed E-state index contributed by atoms with van der Waals surface area (Å²) in [7, 11) is 0. The van der Waals surface area contributed by atoms with Gasteiger partial charge in [0.05, 0.1) is 11.4 Å². The molecule has 1 heterocycles. The van der Waals surface area contributed by atoms with Gasteiger partial charge in [0.2, 0.25) is 0 Å². The first-order valence-corrected chi connectivity index (χ1v) is 7.72. The minimum atomic E-state index is 0.500. The lowest BCUT2D eigenvalue weighted by molar-refractivity contribution is 0.289. The molecule has 114 valence electrons. The molecule has 2 aromatic rings. The Morgan fingerprint density at radius 3 is 2.76 bits per heavy atom. The van der Waals surface area contributed by atoms with Crippen LogP contribution in [0.25, 0.3) is 0 Å². The van der Waals surface area contributed by atoms with Crippen molar-refractivity contribution in [1.29, 1.82) is 0 Å². The summed E-state index contributed by atoms with van der Waals surface area (Å²) in [4.78, 5) is 0. The summed E-state index contributed by atoms with van der Waals surface area (Å²) in [6.45, 7) is 6.10. The number of nitrogens with two attached hydrogens (primary N) is 1. The number of rotatable bonds is 7. The highest BCUT2D eigenvalue weighted by molar-refractivity contribution is 6.30. The molecule has 0 aliphatic heterocycles. The molecule has 0 amide bonds. The molecule has 1 aromatic carbocycles. The number of ether oxygens (including phenoxy) is 1. The lowest BCUT2D eigenvalue weighted by atomic mass is 10.1. The monoisotopic (exact) mass is 307 g/mol. The Balaban J connectivity index is 2.14. The van der Waals surface area contributed by atoms with Gasteiger partial charge in [0.1, 0.15) is 12.4 Å². The normalized spacial score (nSPS) is 10.9. The van der Waals surface area contributed by atoms with Gasteiger partial charge in [0.15, 0.2) is 0 Å². The van der Waals surface area contributed by atoms with E-state index in [1.165, 1.54) is 0 Å². The summed E-state index contributed by atoms with van der Waals surface area (Å²) in [5.74, 6) is 0.840. The van der Waals surface area contributed by atoms with Gasteiger partial charge in [0, 0.05) is 11.6 Å². The summed E-state index contributed by atoms with van der Waals surface area (Å²) in [5, 5.41) is 5.23. The summed E-state index contributed by atoms with van der Waals surface area (Å²) in [6, 6.07) is 7.76. The van der Waals surface area contributed by atoms with Crippen LogP contribution >= 0.6 is 11.6 Å². The molecule has 0 aliphatic rings. The Labute approximate surface area is 130 Å². The first-order valence-electron chi connectivity index (χ1n) is 7.34. The number of hydrogen-bond acceptors (Lipinski definition) is 3. The molecule has 0 saturated carbocycles. The zero-order valence-electron chi connectivity index (χ0n) is 12.6. The summed E-state index contributed by atoms with van der Waals surface area (Å²) in [6.07, 6.45) is 1.68. The largest absolute Gasteiger partial charge is 0.487 e. The summed E-state index contributed by atoms with van der Waals surface area (Å²) >= 11 is 6.03. The Bertz CT molecular complexity index is 595. The van der Waals surface area contributed by atoms with Crippen LogP contribution in [0.15, 0.2) is 24.3 Å². The number of aromatic nitrogens is 2. The van der Waals surface area contributed by atoms with Crippen LogP contribution in [0.5, 0.6) is 5.75 Å². The highest BCUT2D eigenvalue weighted by Crippen LogP contribution is 2.24. The quantitative estimate of drug-likeness (QED) is 0.854. The fraction of sp³-hybridized carbons (Fsp3) is 0.438. The first-order chi connectivity index (χ1) is 10.2.